The summed E-state index contributed by atoms with van der Waals surface area (Å²) in [4.78, 5) is 27.8. The standard InChI is InChI=1S/C24H15Cl3N2O2/c25-19-12-17(13-20(26)22(19)27)28-23(30)18-10-11-21(29-24(18)31)16-8-6-15(7-9-16)14-4-2-1-3-5-14/h1-13H,(H,28,30)(H,29,31). The van der Waals surface area contributed by atoms with E-state index in [4.69, 9.17) is 34.8 Å². The molecule has 4 nitrogen and oxygen atoms in total. The number of halogens is 3. The van der Waals surface area contributed by atoms with Crippen molar-refractivity contribution in [3.8, 4) is 22.4 Å². The van der Waals surface area contributed by atoms with E-state index in [0.29, 0.717) is 11.4 Å². The van der Waals surface area contributed by atoms with E-state index in [-0.39, 0.29) is 20.6 Å². The molecule has 7 heteroatoms. The number of aromatic amines is 1. The molecule has 1 amide bonds. The molecule has 0 radical (unpaired) electrons. The Hall–Kier alpha value is -3.05. The average Bonchev–Trinajstić information content (AvgIpc) is 2.78. The molecule has 0 spiro atoms. The minimum Gasteiger partial charge on any atom is -0.322 e. The summed E-state index contributed by atoms with van der Waals surface area (Å²) in [6.07, 6.45) is 0. The summed E-state index contributed by atoms with van der Waals surface area (Å²) in [7, 11) is 0. The number of hydrogen-bond donors (Lipinski definition) is 2. The normalized spacial score (nSPS) is 10.7. The molecule has 2 N–H and O–H groups in total. The Morgan fingerprint density at radius 3 is 1.94 bits per heavy atom. The summed E-state index contributed by atoms with van der Waals surface area (Å²) in [5.41, 5.74) is 3.42. The van der Waals surface area contributed by atoms with Crippen molar-refractivity contribution in [3.63, 3.8) is 0 Å². The molecule has 4 aromatic rings. The Balaban J connectivity index is 1.55. The first kappa shape index (κ1) is 21.2. The molecular weight excluding hydrogens is 455 g/mol. The van der Waals surface area contributed by atoms with Crippen LogP contribution in [0.2, 0.25) is 15.1 Å². The molecule has 0 saturated heterocycles. The van der Waals surface area contributed by atoms with Gasteiger partial charge in [0, 0.05) is 11.4 Å². The van der Waals surface area contributed by atoms with E-state index in [1.54, 1.807) is 6.07 Å². The summed E-state index contributed by atoms with van der Waals surface area (Å²) in [6.45, 7) is 0. The summed E-state index contributed by atoms with van der Waals surface area (Å²) >= 11 is 17.9. The zero-order chi connectivity index (χ0) is 22.0. The van der Waals surface area contributed by atoms with E-state index < -0.39 is 11.5 Å². The molecule has 0 unspecified atom stereocenters. The highest BCUT2D eigenvalue weighted by molar-refractivity contribution is 6.48. The lowest BCUT2D eigenvalue weighted by Gasteiger charge is -2.09. The summed E-state index contributed by atoms with van der Waals surface area (Å²) in [6, 6.07) is 23.9. The fourth-order valence-corrected chi connectivity index (χ4v) is 3.72. The van der Waals surface area contributed by atoms with Gasteiger partial charge >= 0.3 is 0 Å². The average molecular weight is 470 g/mol. The van der Waals surface area contributed by atoms with Gasteiger partial charge in [-0.05, 0) is 41.0 Å². The molecule has 0 fully saturated rings. The number of rotatable bonds is 4. The monoisotopic (exact) mass is 468 g/mol. The van der Waals surface area contributed by atoms with E-state index >= 15 is 0 Å². The molecule has 3 aromatic carbocycles. The van der Waals surface area contributed by atoms with Crippen molar-refractivity contribution in [1.82, 2.24) is 4.98 Å². The highest BCUT2D eigenvalue weighted by Gasteiger charge is 2.14. The first-order chi connectivity index (χ1) is 14.9. The smallest absolute Gasteiger partial charge is 0.261 e. The molecule has 1 aromatic heterocycles. The number of carbonyl (C=O) groups excluding carboxylic acids is 1. The molecule has 4 rings (SSSR count). The maximum Gasteiger partial charge on any atom is 0.261 e. The van der Waals surface area contributed by atoms with Gasteiger partial charge in [-0.15, -0.1) is 0 Å². The minimum absolute atomic E-state index is 0.0353. The summed E-state index contributed by atoms with van der Waals surface area (Å²) < 4.78 is 0. The zero-order valence-electron chi connectivity index (χ0n) is 16.0. The Bertz CT molecular complexity index is 1290. The van der Waals surface area contributed by atoms with Crippen molar-refractivity contribution in [3.05, 3.63) is 110 Å². The van der Waals surface area contributed by atoms with E-state index in [9.17, 15) is 9.59 Å². The van der Waals surface area contributed by atoms with Crippen LogP contribution in [0.4, 0.5) is 5.69 Å². The van der Waals surface area contributed by atoms with Crippen molar-refractivity contribution in [2.75, 3.05) is 5.32 Å². The van der Waals surface area contributed by atoms with Crippen LogP contribution in [0.3, 0.4) is 0 Å². The summed E-state index contributed by atoms with van der Waals surface area (Å²) in [5.74, 6) is -0.582. The SMILES string of the molecule is O=C(Nc1cc(Cl)c(Cl)c(Cl)c1)c1ccc(-c2ccc(-c3ccccc3)cc2)[nH]c1=O. The van der Waals surface area contributed by atoms with Crippen LogP contribution in [0.25, 0.3) is 22.4 Å². The lowest BCUT2D eigenvalue weighted by atomic mass is 10.0. The van der Waals surface area contributed by atoms with Crippen molar-refractivity contribution < 1.29 is 4.79 Å². The lowest BCUT2D eigenvalue weighted by Crippen LogP contribution is -2.23. The van der Waals surface area contributed by atoms with Gasteiger partial charge in [0.05, 0.1) is 15.1 Å². The first-order valence-electron chi connectivity index (χ1n) is 9.27. The van der Waals surface area contributed by atoms with Crippen molar-refractivity contribution in [2.45, 2.75) is 0 Å². The highest BCUT2D eigenvalue weighted by atomic mass is 35.5. The molecule has 1 heterocycles. The Morgan fingerprint density at radius 2 is 1.32 bits per heavy atom. The summed E-state index contributed by atoms with van der Waals surface area (Å²) in [5, 5.41) is 3.21. The number of benzene rings is 3. The Labute approximate surface area is 193 Å². The fraction of sp³-hybridized carbons (Fsp3) is 0. The van der Waals surface area contributed by atoms with E-state index in [1.807, 2.05) is 54.6 Å². The van der Waals surface area contributed by atoms with Crippen LogP contribution >= 0.6 is 34.8 Å². The van der Waals surface area contributed by atoms with Crippen LogP contribution in [-0.2, 0) is 0 Å². The maximum absolute atomic E-state index is 12.5. The zero-order valence-corrected chi connectivity index (χ0v) is 18.2. The first-order valence-corrected chi connectivity index (χ1v) is 10.4. The largest absolute Gasteiger partial charge is 0.322 e. The minimum atomic E-state index is -0.582. The molecule has 0 atom stereocenters. The molecule has 31 heavy (non-hydrogen) atoms. The number of hydrogen-bond acceptors (Lipinski definition) is 2. The number of anilines is 1. The predicted molar refractivity (Wildman–Crippen MR) is 127 cm³/mol. The van der Waals surface area contributed by atoms with Crippen LogP contribution in [0.15, 0.2) is 83.7 Å². The van der Waals surface area contributed by atoms with Crippen molar-refractivity contribution in [2.24, 2.45) is 0 Å². The van der Waals surface area contributed by atoms with E-state index in [1.165, 1.54) is 18.2 Å². The molecule has 0 bridgehead atoms. The molecule has 154 valence electrons. The second-order valence-corrected chi connectivity index (χ2v) is 7.96. The molecular formula is C24H15Cl3N2O2. The van der Waals surface area contributed by atoms with Crippen LogP contribution in [0.5, 0.6) is 0 Å². The van der Waals surface area contributed by atoms with Gasteiger partial charge in [-0.25, -0.2) is 0 Å². The van der Waals surface area contributed by atoms with Gasteiger partial charge in [-0.2, -0.15) is 0 Å². The quantitative estimate of drug-likeness (QED) is 0.319. The van der Waals surface area contributed by atoms with Gasteiger partial charge in [-0.3, -0.25) is 9.59 Å². The molecule has 0 aliphatic heterocycles. The highest BCUT2D eigenvalue weighted by Crippen LogP contribution is 2.33. The number of pyridine rings is 1. The van der Waals surface area contributed by atoms with Crippen LogP contribution in [-0.4, -0.2) is 10.9 Å². The molecule has 0 aliphatic carbocycles. The van der Waals surface area contributed by atoms with Gasteiger partial charge < -0.3 is 10.3 Å². The Morgan fingerprint density at radius 1 is 0.742 bits per heavy atom. The third-order valence-electron chi connectivity index (χ3n) is 4.70. The number of nitrogens with one attached hydrogen (secondary N) is 2. The van der Waals surface area contributed by atoms with Gasteiger partial charge in [0.15, 0.2) is 0 Å². The van der Waals surface area contributed by atoms with Crippen LogP contribution in [0, 0.1) is 0 Å². The second kappa shape index (κ2) is 8.98. The molecule has 0 aliphatic rings. The van der Waals surface area contributed by atoms with Crippen LogP contribution < -0.4 is 10.9 Å². The van der Waals surface area contributed by atoms with Gasteiger partial charge in [0.25, 0.3) is 11.5 Å². The third kappa shape index (κ3) is 4.67. The topological polar surface area (TPSA) is 62.0 Å². The lowest BCUT2D eigenvalue weighted by molar-refractivity contribution is 0.102. The maximum atomic E-state index is 12.5. The number of amides is 1. The van der Waals surface area contributed by atoms with Crippen molar-refractivity contribution >= 4 is 46.4 Å². The van der Waals surface area contributed by atoms with Crippen molar-refractivity contribution in [1.29, 1.82) is 0 Å². The number of aromatic nitrogens is 1. The van der Waals surface area contributed by atoms with Gasteiger partial charge in [0.2, 0.25) is 0 Å². The fourth-order valence-electron chi connectivity index (χ4n) is 3.12. The van der Waals surface area contributed by atoms with Gasteiger partial charge in [-0.1, -0.05) is 89.4 Å². The van der Waals surface area contributed by atoms with Gasteiger partial charge in [0.1, 0.15) is 5.56 Å². The number of H-pyrrole nitrogens is 1. The van der Waals surface area contributed by atoms with Crippen LogP contribution in [0.1, 0.15) is 10.4 Å². The Kier molecular flexibility index (Phi) is 6.14. The van der Waals surface area contributed by atoms with E-state index in [0.717, 1.165) is 16.7 Å². The second-order valence-electron chi connectivity index (χ2n) is 6.77. The molecule has 0 saturated carbocycles. The van der Waals surface area contributed by atoms with E-state index in [2.05, 4.69) is 10.3 Å². The predicted octanol–water partition coefficient (Wildman–Crippen LogP) is 6.92. The third-order valence-corrected chi connectivity index (χ3v) is 5.90. The number of carbonyl (C=O) groups is 1.